The summed E-state index contributed by atoms with van der Waals surface area (Å²) in [6, 6.07) is 11.1. The van der Waals surface area contributed by atoms with Crippen LogP contribution >= 0.6 is 34.7 Å². The molecular weight excluding hydrogens is 548 g/mol. The van der Waals surface area contributed by atoms with E-state index in [1.807, 2.05) is 0 Å². The van der Waals surface area contributed by atoms with Crippen LogP contribution in [0, 0.1) is 6.92 Å². The summed E-state index contributed by atoms with van der Waals surface area (Å²) in [5.74, 6) is -0.0874. The summed E-state index contributed by atoms with van der Waals surface area (Å²) >= 11 is 8.46. The highest BCUT2D eigenvalue weighted by molar-refractivity contribution is 7.99. The van der Waals surface area contributed by atoms with Crippen LogP contribution in [-0.4, -0.2) is 27.1 Å². The van der Waals surface area contributed by atoms with E-state index in [2.05, 4.69) is 15.0 Å². The monoisotopic (exact) mass is 568 g/mol. The fourth-order valence-electron chi connectivity index (χ4n) is 4.04. The molecule has 0 radical (unpaired) electrons. The van der Waals surface area contributed by atoms with Gasteiger partial charge in [-0.2, -0.15) is 0 Å². The van der Waals surface area contributed by atoms with Gasteiger partial charge in [-0.15, -0.1) is 0 Å². The number of fused-ring (bicyclic) bond motifs is 1. The maximum absolute atomic E-state index is 13.7. The molecule has 5 rings (SSSR count). The quantitative estimate of drug-likeness (QED) is 0.279. The molecule has 0 spiro atoms. The molecule has 4 heterocycles. The third kappa shape index (κ3) is 5.17. The predicted octanol–water partition coefficient (Wildman–Crippen LogP) is 3.59. The molecule has 0 saturated heterocycles. The van der Waals surface area contributed by atoms with Crippen molar-refractivity contribution >= 4 is 46.7 Å². The second-order valence-electron chi connectivity index (χ2n) is 8.30. The lowest BCUT2D eigenvalue weighted by Crippen LogP contribution is -2.39. The molecule has 194 valence electrons. The zero-order chi connectivity index (χ0) is 27.0. The number of furan rings is 1. The molecule has 38 heavy (non-hydrogen) atoms. The number of aryl methyl sites for hydroxylation is 1. The highest BCUT2D eigenvalue weighted by Crippen LogP contribution is 2.31. The number of benzene rings is 1. The zero-order valence-corrected chi connectivity index (χ0v) is 22.9. The van der Waals surface area contributed by atoms with Gasteiger partial charge in [0.1, 0.15) is 5.76 Å². The topological polar surface area (TPSA) is 120 Å². The highest BCUT2D eigenvalue weighted by Gasteiger charge is 2.33. The van der Waals surface area contributed by atoms with Crippen LogP contribution in [-0.2, 0) is 9.53 Å². The van der Waals surface area contributed by atoms with Crippen LogP contribution < -0.4 is 20.5 Å². The van der Waals surface area contributed by atoms with Crippen molar-refractivity contribution in [2.24, 2.45) is 4.99 Å². The van der Waals surface area contributed by atoms with Crippen LogP contribution in [0.1, 0.15) is 36.9 Å². The van der Waals surface area contributed by atoms with Gasteiger partial charge in [0, 0.05) is 22.9 Å². The number of ether oxygens (including phenoxy) is 1. The first-order valence-corrected chi connectivity index (χ1v) is 13.6. The van der Waals surface area contributed by atoms with Gasteiger partial charge in [-0.25, -0.2) is 14.8 Å². The van der Waals surface area contributed by atoms with Crippen LogP contribution in [0.4, 0.5) is 0 Å². The molecule has 12 heteroatoms. The standard InChI is InChI=1S/C26H21ClN4O5S2/c1-4-35-24(34)21-14(3)29-26-31(22(21)15-5-7-16(27)8-6-15)23(33)18(37-26)12-17-9-10-20(36-17)38-25-28-13(2)11-19(32)30-25/h5-12,22H,4H2,1-3H3,(H,28,30,32)/b18-12+/t22-/m1/s1. The Morgan fingerprint density at radius 1 is 1.24 bits per heavy atom. The summed E-state index contributed by atoms with van der Waals surface area (Å²) in [5, 5.41) is 1.44. The number of aromatic nitrogens is 3. The van der Waals surface area contributed by atoms with Gasteiger partial charge in [0.25, 0.3) is 11.1 Å². The molecule has 3 aromatic heterocycles. The lowest BCUT2D eigenvalue weighted by Gasteiger charge is -2.24. The van der Waals surface area contributed by atoms with Gasteiger partial charge in [-0.1, -0.05) is 35.1 Å². The zero-order valence-electron chi connectivity index (χ0n) is 20.5. The molecule has 1 aliphatic rings. The molecule has 0 amide bonds. The number of carbonyl (C=O) groups excluding carboxylic acids is 1. The smallest absolute Gasteiger partial charge is 0.338 e. The Morgan fingerprint density at radius 3 is 2.71 bits per heavy atom. The van der Waals surface area contributed by atoms with Crippen LogP contribution in [0.3, 0.4) is 0 Å². The number of rotatable bonds is 6. The molecule has 1 N–H and O–H groups in total. The normalized spacial score (nSPS) is 15.4. The molecule has 4 aromatic rings. The van der Waals surface area contributed by atoms with Crippen molar-refractivity contribution in [3.8, 4) is 0 Å². The van der Waals surface area contributed by atoms with E-state index in [9.17, 15) is 14.4 Å². The van der Waals surface area contributed by atoms with E-state index in [0.29, 0.717) is 52.9 Å². The Labute approximate surface area is 229 Å². The molecule has 0 unspecified atom stereocenters. The largest absolute Gasteiger partial charge is 0.463 e. The van der Waals surface area contributed by atoms with Crippen molar-refractivity contribution in [2.75, 3.05) is 6.61 Å². The number of nitrogens with zero attached hydrogens (tertiary/aromatic N) is 3. The Balaban J connectivity index is 1.57. The fraction of sp³-hybridized carbons (Fsp3) is 0.192. The molecule has 0 aliphatic carbocycles. The molecular formula is C26H21ClN4O5S2. The van der Waals surface area contributed by atoms with E-state index in [0.717, 1.165) is 0 Å². The Bertz CT molecular complexity index is 1820. The first kappa shape index (κ1) is 26.0. The maximum atomic E-state index is 13.7. The summed E-state index contributed by atoms with van der Waals surface area (Å²) in [7, 11) is 0. The minimum atomic E-state index is -0.725. The van der Waals surface area contributed by atoms with Crippen molar-refractivity contribution in [3.63, 3.8) is 0 Å². The van der Waals surface area contributed by atoms with Gasteiger partial charge in [0.05, 0.1) is 28.5 Å². The number of aromatic amines is 1. The number of halogens is 1. The summed E-state index contributed by atoms with van der Waals surface area (Å²) in [4.78, 5) is 50.3. The van der Waals surface area contributed by atoms with Crippen molar-refractivity contribution in [1.82, 2.24) is 14.5 Å². The van der Waals surface area contributed by atoms with Crippen LogP contribution in [0.25, 0.3) is 6.08 Å². The van der Waals surface area contributed by atoms with Gasteiger partial charge < -0.3 is 14.1 Å². The Hall–Kier alpha value is -3.67. The third-order valence-corrected chi connectivity index (χ3v) is 7.67. The highest BCUT2D eigenvalue weighted by atomic mass is 35.5. The number of nitrogens with one attached hydrogen (secondary N) is 1. The van der Waals surface area contributed by atoms with E-state index in [1.165, 1.54) is 33.7 Å². The first-order chi connectivity index (χ1) is 18.2. The Morgan fingerprint density at radius 2 is 2.00 bits per heavy atom. The van der Waals surface area contributed by atoms with Crippen molar-refractivity contribution < 1.29 is 13.9 Å². The summed E-state index contributed by atoms with van der Waals surface area (Å²) in [6.07, 6.45) is 1.63. The predicted molar refractivity (Wildman–Crippen MR) is 144 cm³/mol. The minimum Gasteiger partial charge on any atom is -0.463 e. The van der Waals surface area contributed by atoms with E-state index < -0.39 is 12.0 Å². The number of hydrogen-bond donors (Lipinski definition) is 1. The number of H-pyrrole nitrogens is 1. The average molecular weight is 569 g/mol. The molecule has 0 saturated carbocycles. The van der Waals surface area contributed by atoms with Crippen LogP contribution in [0.2, 0.25) is 5.02 Å². The maximum Gasteiger partial charge on any atom is 0.338 e. The van der Waals surface area contributed by atoms with Crippen molar-refractivity contribution in [2.45, 2.75) is 37.1 Å². The molecule has 9 nitrogen and oxygen atoms in total. The van der Waals surface area contributed by atoms with E-state index >= 15 is 0 Å². The summed E-state index contributed by atoms with van der Waals surface area (Å²) in [5.41, 5.74) is 1.50. The first-order valence-electron chi connectivity index (χ1n) is 11.5. The molecule has 0 fully saturated rings. The third-order valence-electron chi connectivity index (χ3n) is 5.62. The minimum absolute atomic E-state index is 0.193. The van der Waals surface area contributed by atoms with Crippen LogP contribution in [0.5, 0.6) is 0 Å². The molecule has 0 bridgehead atoms. The number of thiazole rings is 1. The SMILES string of the molecule is CCOC(=O)C1=C(C)N=c2s/c(=C/c3ccc(Sc4nc(C)cc(=O)[nH]4)o3)c(=O)n2[C@@H]1c1ccc(Cl)cc1. The molecule has 1 aromatic carbocycles. The van der Waals surface area contributed by atoms with Gasteiger partial charge in [0.2, 0.25) is 0 Å². The Kier molecular flexibility index (Phi) is 7.24. The average Bonchev–Trinajstić information content (AvgIpc) is 3.41. The lowest BCUT2D eigenvalue weighted by molar-refractivity contribution is -0.139. The van der Waals surface area contributed by atoms with Crippen molar-refractivity contribution in [3.05, 3.63) is 106 Å². The summed E-state index contributed by atoms with van der Waals surface area (Å²) < 4.78 is 13.1. The van der Waals surface area contributed by atoms with Gasteiger partial charge in [-0.3, -0.25) is 14.2 Å². The number of esters is 1. The number of hydrogen-bond acceptors (Lipinski definition) is 9. The number of allylic oxidation sites excluding steroid dienone is 1. The number of carbonyl (C=O) groups is 1. The van der Waals surface area contributed by atoms with Gasteiger partial charge in [0.15, 0.2) is 15.1 Å². The molecule has 1 atom stereocenters. The second-order valence-corrected chi connectivity index (χ2v) is 10.7. The van der Waals surface area contributed by atoms with E-state index in [-0.39, 0.29) is 17.7 Å². The van der Waals surface area contributed by atoms with Crippen molar-refractivity contribution in [1.29, 1.82) is 0 Å². The van der Waals surface area contributed by atoms with E-state index in [4.69, 9.17) is 20.8 Å². The molecule has 1 aliphatic heterocycles. The van der Waals surface area contributed by atoms with E-state index in [1.54, 1.807) is 63.2 Å². The van der Waals surface area contributed by atoms with Gasteiger partial charge >= 0.3 is 5.97 Å². The summed E-state index contributed by atoms with van der Waals surface area (Å²) in [6.45, 7) is 5.38. The second kappa shape index (κ2) is 10.6. The fourth-order valence-corrected chi connectivity index (χ4v) is 6.00. The van der Waals surface area contributed by atoms with Crippen LogP contribution in [0.15, 0.2) is 83.0 Å². The van der Waals surface area contributed by atoms with Gasteiger partial charge in [-0.05, 0) is 62.4 Å². The lowest BCUT2D eigenvalue weighted by atomic mass is 9.96.